The minimum absolute atomic E-state index is 0.104. The lowest BCUT2D eigenvalue weighted by atomic mass is 9.80. The molecule has 8 rings (SSSR count). The first kappa shape index (κ1) is 35.9. The monoisotopic (exact) mass is 771 g/mol. The highest BCUT2D eigenvalue weighted by atomic mass is 32.1. The summed E-state index contributed by atoms with van der Waals surface area (Å²) in [5.41, 5.74) is 6.49. The molecule has 3 aliphatic heterocycles. The van der Waals surface area contributed by atoms with Crippen molar-refractivity contribution in [3.05, 3.63) is 154 Å². The number of amides is 3. The number of fused-ring (bicyclic) bond motifs is 1. The summed E-state index contributed by atoms with van der Waals surface area (Å²) in [6.07, 6.45) is 1.62. The van der Waals surface area contributed by atoms with Gasteiger partial charge in [0.15, 0.2) is 28.1 Å². The van der Waals surface area contributed by atoms with E-state index in [4.69, 9.17) is 19.8 Å². The fourth-order valence-electron chi connectivity index (χ4n) is 7.04. The van der Waals surface area contributed by atoms with E-state index in [0.29, 0.717) is 18.1 Å². The summed E-state index contributed by atoms with van der Waals surface area (Å²) in [5, 5.41) is 23.0. The summed E-state index contributed by atoms with van der Waals surface area (Å²) >= 11 is 1.09. The fraction of sp³-hybridized carbons (Fsp3) is 0.175. The Morgan fingerprint density at radius 1 is 1.02 bits per heavy atom. The van der Waals surface area contributed by atoms with E-state index in [1.165, 1.54) is 11.0 Å². The van der Waals surface area contributed by atoms with Crippen LogP contribution in [-0.2, 0) is 34.4 Å². The van der Waals surface area contributed by atoms with Gasteiger partial charge in [0.25, 0.3) is 17.7 Å². The second-order valence-electron chi connectivity index (χ2n) is 13.1. The van der Waals surface area contributed by atoms with E-state index in [1.807, 2.05) is 91.0 Å². The van der Waals surface area contributed by atoms with Crippen molar-refractivity contribution in [2.45, 2.75) is 31.0 Å². The first-order valence-corrected chi connectivity index (χ1v) is 18.4. The molecule has 3 aromatic carbocycles. The van der Waals surface area contributed by atoms with Gasteiger partial charge in [-0.2, -0.15) is 0 Å². The van der Waals surface area contributed by atoms with Crippen LogP contribution in [0.15, 0.2) is 135 Å². The van der Waals surface area contributed by atoms with Gasteiger partial charge in [-0.1, -0.05) is 101 Å². The summed E-state index contributed by atoms with van der Waals surface area (Å²) in [4.78, 5) is 67.0. The van der Waals surface area contributed by atoms with E-state index in [1.54, 1.807) is 18.4 Å². The molecule has 16 heteroatoms. The number of aromatic nitrogens is 2. The molecule has 0 unspecified atom stereocenters. The van der Waals surface area contributed by atoms with Gasteiger partial charge in [0.05, 0.1) is 0 Å². The predicted molar refractivity (Wildman–Crippen MR) is 203 cm³/mol. The molecular formula is C40H33N7O8S. The van der Waals surface area contributed by atoms with Crippen molar-refractivity contribution in [2.75, 3.05) is 23.8 Å². The second kappa shape index (κ2) is 14.6. The van der Waals surface area contributed by atoms with Gasteiger partial charge >= 0.3 is 5.97 Å². The molecule has 4 N–H and O–H groups in total. The van der Waals surface area contributed by atoms with Crippen LogP contribution in [0.5, 0.6) is 0 Å². The summed E-state index contributed by atoms with van der Waals surface area (Å²) < 4.78 is 11.0. The molecule has 2 fully saturated rings. The molecule has 0 radical (unpaired) electrons. The van der Waals surface area contributed by atoms with E-state index in [9.17, 15) is 24.3 Å². The number of carboxylic acids is 1. The zero-order valence-electron chi connectivity index (χ0n) is 29.7. The summed E-state index contributed by atoms with van der Waals surface area (Å²) in [7, 11) is 0. The lowest BCUT2D eigenvalue weighted by molar-refractivity contribution is -0.159. The summed E-state index contributed by atoms with van der Waals surface area (Å²) in [6, 6.07) is 27.8. The summed E-state index contributed by atoms with van der Waals surface area (Å²) in [6.45, 7) is 1.83. The molecule has 2 aromatic heterocycles. The van der Waals surface area contributed by atoms with Gasteiger partial charge in [-0.3, -0.25) is 24.2 Å². The highest BCUT2D eigenvalue weighted by Gasteiger charge is 2.55. The van der Waals surface area contributed by atoms with Gasteiger partial charge in [0.2, 0.25) is 5.60 Å². The highest BCUT2D eigenvalue weighted by molar-refractivity contribution is 7.13. The number of nitrogen functional groups attached to an aromatic ring is 1. The molecule has 3 amide bonds. The molecule has 5 heterocycles. The van der Waals surface area contributed by atoms with Crippen LogP contribution in [0, 0.1) is 6.92 Å². The van der Waals surface area contributed by atoms with Gasteiger partial charge in [0, 0.05) is 40.3 Å². The first-order chi connectivity index (χ1) is 27.2. The Labute approximate surface area is 323 Å². The molecule has 0 bridgehead atoms. The molecule has 2 atom stereocenters. The van der Waals surface area contributed by atoms with Crippen LogP contribution in [0.4, 0.5) is 10.9 Å². The zero-order chi connectivity index (χ0) is 39.0. The van der Waals surface area contributed by atoms with Gasteiger partial charge in [-0.15, -0.1) is 11.3 Å². The van der Waals surface area contributed by atoms with Crippen LogP contribution >= 0.6 is 11.3 Å². The van der Waals surface area contributed by atoms with Crippen molar-refractivity contribution in [1.82, 2.24) is 20.4 Å². The number of hydrogen-bond acceptors (Lipinski definition) is 12. The van der Waals surface area contributed by atoms with Crippen LogP contribution in [0.1, 0.15) is 34.6 Å². The number of ether oxygens (including phenoxy) is 1. The number of aryl methyl sites for hydroxylation is 1. The maximum atomic E-state index is 14.2. The molecule has 0 saturated carbocycles. The number of benzene rings is 3. The number of rotatable bonds is 11. The number of nitrogens with one attached hydrogen (secondary N) is 1. The van der Waals surface area contributed by atoms with Crippen LogP contribution < -0.4 is 16.0 Å². The van der Waals surface area contributed by atoms with E-state index in [-0.39, 0.29) is 40.9 Å². The zero-order valence-corrected chi connectivity index (χ0v) is 30.5. The smallest absolute Gasteiger partial charge is 0.356 e. The third-order valence-electron chi connectivity index (χ3n) is 9.71. The third kappa shape index (κ3) is 6.34. The molecule has 15 nitrogen and oxygen atoms in total. The lowest BCUT2D eigenvalue weighted by Gasteiger charge is -2.49. The molecular weight excluding hydrogens is 739 g/mol. The van der Waals surface area contributed by atoms with Gasteiger partial charge in [-0.25, -0.2) is 9.78 Å². The first-order valence-electron chi connectivity index (χ1n) is 17.5. The SMILES string of the molecule is Cc1cc(N2CC/C(=C\C3=C(C(=O)O)N4C(=O)[C@@H](NC(=O)/C(=N\OC(c5ccccc5)(c5ccccc5)c5ccccc5)c5csc(N)n5)[C@H]4CO3)C2=O)no1. The molecule has 5 aromatic rings. The van der Waals surface area contributed by atoms with Crippen molar-refractivity contribution in [1.29, 1.82) is 0 Å². The average Bonchev–Trinajstić information content (AvgIpc) is 3.95. The lowest BCUT2D eigenvalue weighted by Crippen LogP contribution is -2.73. The number of carbonyl (C=O) groups excluding carboxylic acids is 3. The number of thiazole rings is 1. The Kier molecular flexibility index (Phi) is 9.39. The minimum atomic E-state index is -1.44. The number of allylic oxidation sites excluding steroid dienone is 1. The number of nitrogens with two attached hydrogens (primary N) is 1. The Bertz CT molecular complexity index is 2330. The number of carboxylic acid groups (broad SMARTS) is 1. The third-order valence-corrected chi connectivity index (χ3v) is 10.4. The standard InChI is InChI=1S/C40H33N7O8S/c1-23-19-31(44-54-23)46-18-17-24(36(46)49)20-30-34(38(51)52)47-29(21-53-30)33(37(47)50)43-35(48)32(28-22-56-39(41)42-28)45-55-40(25-11-5-2-6-12-25,26-13-7-3-8-14-26)27-15-9-4-10-16-27/h2-16,19-20,22,29,33H,17-18,21H2,1H3,(H2,41,42)(H,43,48)(H,51,52)/b24-20+,45-32-/t29-,33+/m1/s1. The average molecular weight is 772 g/mol. The summed E-state index contributed by atoms with van der Waals surface area (Å²) in [5.74, 6) is -2.63. The Morgan fingerprint density at radius 2 is 1.64 bits per heavy atom. The van der Waals surface area contributed by atoms with Crippen LogP contribution in [0.2, 0.25) is 0 Å². The van der Waals surface area contributed by atoms with Crippen molar-refractivity contribution >= 4 is 51.7 Å². The van der Waals surface area contributed by atoms with Crippen molar-refractivity contribution in [3.63, 3.8) is 0 Å². The molecule has 3 aliphatic rings. The van der Waals surface area contributed by atoms with E-state index in [0.717, 1.165) is 32.9 Å². The van der Waals surface area contributed by atoms with Crippen molar-refractivity contribution in [2.24, 2.45) is 5.16 Å². The number of hydrogen-bond donors (Lipinski definition) is 3. The van der Waals surface area contributed by atoms with Crippen LogP contribution in [-0.4, -0.2) is 74.8 Å². The van der Waals surface area contributed by atoms with Crippen LogP contribution in [0.25, 0.3) is 0 Å². The Balaban J connectivity index is 1.10. The maximum absolute atomic E-state index is 14.2. The maximum Gasteiger partial charge on any atom is 0.356 e. The molecule has 0 spiro atoms. The van der Waals surface area contributed by atoms with E-state index in [2.05, 4.69) is 20.6 Å². The number of anilines is 2. The van der Waals surface area contributed by atoms with Gasteiger partial charge in [-0.05, 0) is 19.4 Å². The largest absolute Gasteiger partial charge is 0.489 e. The number of aliphatic carboxylic acids is 1. The topological polar surface area (TPSA) is 203 Å². The molecule has 2 saturated heterocycles. The van der Waals surface area contributed by atoms with Crippen LogP contribution in [0.3, 0.4) is 0 Å². The highest BCUT2D eigenvalue weighted by Crippen LogP contribution is 2.41. The second-order valence-corrected chi connectivity index (χ2v) is 14.0. The number of β-lactam (4-membered cyclic amide) rings is 1. The van der Waals surface area contributed by atoms with Gasteiger partial charge in [0.1, 0.15) is 30.1 Å². The minimum Gasteiger partial charge on any atom is -0.489 e. The molecule has 282 valence electrons. The predicted octanol–water partition coefficient (Wildman–Crippen LogP) is 4.12. The fourth-order valence-corrected chi connectivity index (χ4v) is 7.58. The van der Waals surface area contributed by atoms with E-state index < -0.39 is 47.1 Å². The number of carbonyl (C=O) groups is 4. The number of nitrogens with zero attached hydrogens (tertiary/aromatic N) is 5. The molecule has 56 heavy (non-hydrogen) atoms. The normalized spacial score (nSPS) is 19.1. The Hall–Kier alpha value is -7.07. The quantitative estimate of drug-likeness (QED) is 0.0573. The van der Waals surface area contributed by atoms with Gasteiger partial charge < -0.3 is 30.3 Å². The number of oxime groups is 1. The van der Waals surface area contributed by atoms with E-state index >= 15 is 0 Å². The molecule has 0 aliphatic carbocycles. The Morgan fingerprint density at radius 3 is 2.18 bits per heavy atom. The van der Waals surface area contributed by atoms with Crippen molar-refractivity contribution < 1.29 is 38.4 Å². The van der Waals surface area contributed by atoms with Crippen molar-refractivity contribution in [3.8, 4) is 0 Å².